The first-order valence-corrected chi connectivity index (χ1v) is 6.49. The lowest BCUT2D eigenvalue weighted by atomic mass is 9.81. The van der Waals surface area contributed by atoms with Gasteiger partial charge in [-0.2, -0.15) is 0 Å². The van der Waals surface area contributed by atoms with Crippen molar-refractivity contribution >= 4 is 5.78 Å². The molecule has 0 spiro atoms. The van der Waals surface area contributed by atoms with E-state index in [2.05, 4.69) is 4.90 Å². The molecule has 0 amide bonds. The van der Waals surface area contributed by atoms with Gasteiger partial charge in [0.25, 0.3) is 0 Å². The van der Waals surface area contributed by atoms with Crippen molar-refractivity contribution in [2.45, 2.75) is 52.5 Å². The quantitative estimate of drug-likeness (QED) is 0.751. The highest BCUT2D eigenvalue weighted by atomic mass is 16.1. The number of Topliss-reactive ketones (excluding diaryl/α,β-unsaturated/α-hetero) is 1. The van der Waals surface area contributed by atoms with E-state index >= 15 is 0 Å². The predicted molar refractivity (Wildman–Crippen MR) is 67.3 cm³/mol. The molecule has 1 aliphatic heterocycles. The Balaban J connectivity index is 2.33. The number of nitrogens with two attached hydrogens (primary N) is 1. The molecular formula is C13H26N2O. The van der Waals surface area contributed by atoms with Crippen LogP contribution in [0.15, 0.2) is 0 Å². The van der Waals surface area contributed by atoms with Crippen molar-refractivity contribution in [3.05, 3.63) is 0 Å². The van der Waals surface area contributed by atoms with Crippen LogP contribution in [0.4, 0.5) is 0 Å². The van der Waals surface area contributed by atoms with Crippen LogP contribution >= 0.6 is 0 Å². The van der Waals surface area contributed by atoms with Crippen molar-refractivity contribution in [1.82, 2.24) is 4.90 Å². The smallest absolute Gasteiger partial charge is 0.155 e. The van der Waals surface area contributed by atoms with Crippen molar-refractivity contribution in [3.8, 4) is 0 Å². The van der Waals surface area contributed by atoms with Crippen LogP contribution in [0.2, 0.25) is 0 Å². The van der Waals surface area contributed by atoms with Crippen molar-refractivity contribution in [2.75, 3.05) is 19.6 Å². The summed E-state index contributed by atoms with van der Waals surface area (Å²) in [6, 6.07) is -0.282. The number of rotatable bonds is 6. The van der Waals surface area contributed by atoms with E-state index < -0.39 is 0 Å². The normalized spacial score (nSPS) is 20.0. The highest BCUT2D eigenvalue weighted by Crippen LogP contribution is 2.23. The van der Waals surface area contributed by atoms with Gasteiger partial charge in [-0.1, -0.05) is 20.8 Å². The van der Waals surface area contributed by atoms with Crippen LogP contribution in [0.25, 0.3) is 0 Å². The minimum absolute atomic E-state index is 0.217. The summed E-state index contributed by atoms with van der Waals surface area (Å²) in [6.07, 6.45) is 4.26. The SMILES string of the molecule is CCC(C)(C)C(=O)C(N)CCN1CCCC1. The summed E-state index contributed by atoms with van der Waals surface area (Å²) < 4.78 is 0. The van der Waals surface area contributed by atoms with E-state index in [4.69, 9.17) is 5.73 Å². The average molecular weight is 226 g/mol. The van der Waals surface area contributed by atoms with Gasteiger partial charge >= 0.3 is 0 Å². The fraction of sp³-hybridized carbons (Fsp3) is 0.923. The zero-order valence-electron chi connectivity index (χ0n) is 11.0. The molecule has 1 saturated heterocycles. The van der Waals surface area contributed by atoms with E-state index in [1.54, 1.807) is 0 Å². The topological polar surface area (TPSA) is 46.3 Å². The summed E-state index contributed by atoms with van der Waals surface area (Å²) >= 11 is 0. The Bertz CT molecular complexity index is 232. The van der Waals surface area contributed by atoms with Gasteiger partial charge in [0.05, 0.1) is 6.04 Å². The molecular weight excluding hydrogens is 200 g/mol. The van der Waals surface area contributed by atoms with Gasteiger partial charge in [-0.25, -0.2) is 0 Å². The summed E-state index contributed by atoms with van der Waals surface area (Å²) in [5.41, 5.74) is 5.72. The van der Waals surface area contributed by atoms with Crippen molar-refractivity contribution in [1.29, 1.82) is 0 Å². The molecule has 0 saturated carbocycles. The number of likely N-dealkylation sites (tertiary alicyclic amines) is 1. The molecule has 1 fully saturated rings. The third-order valence-corrected chi connectivity index (χ3v) is 3.84. The van der Waals surface area contributed by atoms with E-state index in [0.717, 1.165) is 19.4 Å². The molecule has 0 aliphatic carbocycles. The lowest BCUT2D eigenvalue weighted by Crippen LogP contribution is -2.42. The molecule has 3 heteroatoms. The van der Waals surface area contributed by atoms with Crippen LogP contribution < -0.4 is 5.73 Å². The van der Waals surface area contributed by atoms with Crippen LogP contribution in [0.1, 0.15) is 46.5 Å². The maximum absolute atomic E-state index is 12.1. The van der Waals surface area contributed by atoms with Gasteiger partial charge in [0.2, 0.25) is 0 Å². The highest BCUT2D eigenvalue weighted by molar-refractivity contribution is 5.88. The van der Waals surface area contributed by atoms with Gasteiger partial charge in [0.15, 0.2) is 5.78 Å². The molecule has 1 aliphatic rings. The van der Waals surface area contributed by atoms with Gasteiger partial charge in [0, 0.05) is 12.0 Å². The van der Waals surface area contributed by atoms with Crippen LogP contribution in [0.5, 0.6) is 0 Å². The van der Waals surface area contributed by atoms with Crippen LogP contribution in [-0.2, 0) is 4.79 Å². The van der Waals surface area contributed by atoms with Crippen molar-refractivity contribution < 1.29 is 4.79 Å². The first kappa shape index (κ1) is 13.7. The minimum Gasteiger partial charge on any atom is -0.321 e. The molecule has 0 aromatic carbocycles. The largest absolute Gasteiger partial charge is 0.321 e. The molecule has 0 radical (unpaired) electrons. The van der Waals surface area contributed by atoms with Gasteiger partial charge in [0.1, 0.15) is 0 Å². The highest BCUT2D eigenvalue weighted by Gasteiger charge is 2.30. The van der Waals surface area contributed by atoms with Crippen LogP contribution in [0, 0.1) is 5.41 Å². The standard InChI is InChI=1S/C13H26N2O/c1-4-13(2,3)12(16)11(14)7-10-15-8-5-6-9-15/h11H,4-10,14H2,1-3H3. The molecule has 3 nitrogen and oxygen atoms in total. The zero-order valence-corrected chi connectivity index (χ0v) is 11.0. The summed E-state index contributed by atoms with van der Waals surface area (Å²) in [5.74, 6) is 0.217. The molecule has 2 N–H and O–H groups in total. The van der Waals surface area contributed by atoms with Gasteiger partial charge < -0.3 is 10.6 Å². The van der Waals surface area contributed by atoms with E-state index in [1.165, 1.54) is 25.9 Å². The van der Waals surface area contributed by atoms with Gasteiger partial charge in [-0.3, -0.25) is 4.79 Å². The molecule has 16 heavy (non-hydrogen) atoms. The maximum Gasteiger partial charge on any atom is 0.155 e. The lowest BCUT2D eigenvalue weighted by Gasteiger charge is -2.26. The Hall–Kier alpha value is -0.410. The van der Waals surface area contributed by atoms with E-state index in [9.17, 15) is 4.79 Å². The molecule has 0 bridgehead atoms. The summed E-state index contributed by atoms with van der Waals surface area (Å²) in [7, 11) is 0. The molecule has 1 heterocycles. The Morgan fingerprint density at radius 2 is 1.94 bits per heavy atom. The van der Waals surface area contributed by atoms with E-state index in [-0.39, 0.29) is 17.2 Å². The molecule has 1 rings (SSSR count). The first-order valence-electron chi connectivity index (χ1n) is 6.49. The van der Waals surface area contributed by atoms with Crippen LogP contribution in [-0.4, -0.2) is 36.4 Å². The van der Waals surface area contributed by atoms with Crippen molar-refractivity contribution in [3.63, 3.8) is 0 Å². The maximum atomic E-state index is 12.1. The Morgan fingerprint density at radius 3 is 2.44 bits per heavy atom. The third kappa shape index (κ3) is 3.56. The minimum atomic E-state index is -0.282. The number of carbonyl (C=O) groups excluding carboxylic acids is 1. The number of hydrogen-bond donors (Lipinski definition) is 1. The molecule has 0 aromatic heterocycles. The Kier molecular flexibility index (Phi) is 4.93. The fourth-order valence-corrected chi connectivity index (χ4v) is 2.14. The lowest BCUT2D eigenvalue weighted by molar-refractivity contribution is -0.128. The van der Waals surface area contributed by atoms with Crippen molar-refractivity contribution in [2.24, 2.45) is 11.1 Å². The monoisotopic (exact) mass is 226 g/mol. The third-order valence-electron chi connectivity index (χ3n) is 3.84. The predicted octanol–water partition coefficient (Wildman–Crippen LogP) is 1.80. The zero-order chi connectivity index (χ0) is 12.2. The number of carbonyl (C=O) groups is 1. The molecule has 94 valence electrons. The van der Waals surface area contributed by atoms with E-state index in [0.29, 0.717) is 0 Å². The van der Waals surface area contributed by atoms with Crippen LogP contribution in [0.3, 0.4) is 0 Å². The number of ketones is 1. The summed E-state index contributed by atoms with van der Waals surface area (Å²) in [5, 5.41) is 0. The summed E-state index contributed by atoms with van der Waals surface area (Å²) in [4.78, 5) is 14.5. The van der Waals surface area contributed by atoms with E-state index in [1.807, 2.05) is 20.8 Å². The molecule has 1 atom stereocenters. The molecule has 0 aromatic rings. The number of nitrogens with zero attached hydrogens (tertiary/aromatic N) is 1. The second-order valence-corrected chi connectivity index (χ2v) is 5.55. The second-order valence-electron chi connectivity index (χ2n) is 5.55. The Morgan fingerprint density at radius 1 is 1.38 bits per heavy atom. The fourth-order valence-electron chi connectivity index (χ4n) is 2.14. The Labute approximate surface area is 99.4 Å². The van der Waals surface area contributed by atoms with Gasteiger partial charge in [-0.05, 0) is 38.8 Å². The second kappa shape index (κ2) is 5.78. The summed E-state index contributed by atoms with van der Waals surface area (Å²) in [6.45, 7) is 9.37. The number of hydrogen-bond acceptors (Lipinski definition) is 3. The van der Waals surface area contributed by atoms with Gasteiger partial charge in [-0.15, -0.1) is 0 Å². The first-order chi connectivity index (χ1) is 7.47. The molecule has 1 unspecified atom stereocenters. The average Bonchev–Trinajstić information content (AvgIpc) is 2.77.